The van der Waals surface area contributed by atoms with E-state index in [1.165, 1.54) is 26.6 Å². The number of ketones is 1. The Kier molecular flexibility index (Phi) is 7.78. The molecule has 7 nitrogen and oxygen atoms in total. The lowest BCUT2D eigenvalue weighted by Gasteiger charge is -2.18. The topological polar surface area (TPSA) is 70.4 Å². The fourth-order valence-corrected chi connectivity index (χ4v) is 3.40. The average Bonchev–Trinajstić information content (AvgIpc) is 3.28. The number of rotatable bonds is 11. The molecule has 2 aromatic carbocycles. The van der Waals surface area contributed by atoms with E-state index in [-0.39, 0.29) is 5.78 Å². The van der Waals surface area contributed by atoms with Crippen molar-refractivity contribution in [3.05, 3.63) is 53.8 Å². The van der Waals surface area contributed by atoms with Crippen LogP contribution in [0.2, 0.25) is 0 Å². The summed E-state index contributed by atoms with van der Waals surface area (Å²) in [7, 11) is 8.65. The van der Waals surface area contributed by atoms with E-state index in [0.717, 1.165) is 24.3 Å². The first-order valence-electron chi connectivity index (χ1n) is 10.3. The maximum Gasteiger partial charge on any atom is 0.205 e. The van der Waals surface area contributed by atoms with Gasteiger partial charge in [0.2, 0.25) is 5.75 Å². The third-order valence-corrected chi connectivity index (χ3v) is 4.97. The van der Waals surface area contributed by atoms with Crippen molar-refractivity contribution >= 4 is 22.8 Å². The average molecular weight is 440 g/mol. The fourth-order valence-electron chi connectivity index (χ4n) is 3.40. The first-order valence-corrected chi connectivity index (χ1v) is 10.3. The molecule has 3 aromatic rings. The molecule has 0 bridgehead atoms. The molecule has 0 saturated heterocycles. The Hall–Kier alpha value is -3.45. The van der Waals surface area contributed by atoms with Crippen molar-refractivity contribution in [2.75, 3.05) is 48.6 Å². The number of furan rings is 1. The molecule has 0 spiro atoms. The molecular weight excluding hydrogens is 410 g/mol. The fraction of sp³-hybridized carbons (Fsp3) is 0.320. The summed E-state index contributed by atoms with van der Waals surface area (Å²) in [5, 5.41) is 0.645. The molecule has 0 aliphatic rings. The third-order valence-electron chi connectivity index (χ3n) is 4.97. The van der Waals surface area contributed by atoms with Crippen LogP contribution in [0, 0.1) is 0 Å². The maximum atomic E-state index is 13.4. The van der Waals surface area contributed by atoms with Gasteiger partial charge in [0, 0.05) is 6.54 Å². The third kappa shape index (κ3) is 5.06. The second-order valence-corrected chi connectivity index (χ2v) is 7.41. The van der Waals surface area contributed by atoms with Crippen LogP contribution in [0.3, 0.4) is 0 Å². The number of ether oxygens (including phenoxy) is 4. The lowest BCUT2D eigenvalue weighted by molar-refractivity contribution is 0.104. The van der Waals surface area contributed by atoms with Crippen molar-refractivity contribution in [3.8, 4) is 23.0 Å². The summed E-state index contributed by atoms with van der Waals surface area (Å²) >= 11 is 0. The predicted molar refractivity (Wildman–Crippen MR) is 124 cm³/mol. The van der Waals surface area contributed by atoms with E-state index in [1.54, 1.807) is 19.3 Å². The second kappa shape index (κ2) is 10.7. The Balaban J connectivity index is 2.02. The van der Waals surface area contributed by atoms with E-state index >= 15 is 0 Å². The van der Waals surface area contributed by atoms with Crippen LogP contribution < -0.4 is 18.9 Å². The highest BCUT2D eigenvalue weighted by atomic mass is 16.5. The number of hydrogen-bond donors (Lipinski definition) is 0. The van der Waals surface area contributed by atoms with Gasteiger partial charge in [-0.15, -0.1) is 0 Å². The normalized spacial score (nSPS) is 11.3. The van der Waals surface area contributed by atoms with Crippen LogP contribution in [-0.4, -0.2) is 59.3 Å². The van der Waals surface area contributed by atoms with Crippen LogP contribution in [-0.2, 0) is 0 Å². The number of methoxy groups -OCH3 is 3. The van der Waals surface area contributed by atoms with Gasteiger partial charge in [-0.3, -0.25) is 4.79 Å². The summed E-state index contributed by atoms with van der Waals surface area (Å²) in [6.45, 7) is 1.26. The molecule has 0 fully saturated rings. The molecule has 1 aromatic heterocycles. The molecule has 0 saturated carbocycles. The van der Waals surface area contributed by atoms with Crippen molar-refractivity contribution in [1.29, 1.82) is 0 Å². The number of carbonyl (C=O) groups excluding carboxylic acids is 1. The van der Waals surface area contributed by atoms with Gasteiger partial charge < -0.3 is 28.3 Å². The van der Waals surface area contributed by atoms with Gasteiger partial charge in [0.15, 0.2) is 17.1 Å². The highest BCUT2D eigenvalue weighted by Crippen LogP contribution is 2.46. The van der Waals surface area contributed by atoms with Gasteiger partial charge >= 0.3 is 0 Å². The minimum absolute atomic E-state index is 0.262. The van der Waals surface area contributed by atoms with E-state index < -0.39 is 0 Å². The van der Waals surface area contributed by atoms with Gasteiger partial charge in [0.1, 0.15) is 17.1 Å². The van der Waals surface area contributed by atoms with Crippen LogP contribution in [0.5, 0.6) is 23.0 Å². The minimum Gasteiger partial charge on any atom is -0.497 e. The largest absolute Gasteiger partial charge is 0.497 e. The summed E-state index contributed by atoms with van der Waals surface area (Å²) in [5.41, 5.74) is 1.64. The van der Waals surface area contributed by atoms with Crippen LogP contribution in [0.15, 0.2) is 47.1 Å². The van der Waals surface area contributed by atoms with Gasteiger partial charge in [-0.25, -0.2) is 0 Å². The number of carbonyl (C=O) groups is 1. The SMILES string of the molecule is COc1ccc(/C=C/C(=O)c2c(OCCCN(C)C)c(OC)c3occc3c2OC)cc1. The lowest BCUT2D eigenvalue weighted by Crippen LogP contribution is -2.16. The molecular formula is C25H29NO6. The number of nitrogens with zero attached hydrogens (tertiary/aromatic N) is 1. The number of allylic oxidation sites excluding steroid dienone is 1. The Bertz CT molecular complexity index is 1080. The molecule has 0 amide bonds. The second-order valence-electron chi connectivity index (χ2n) is 7.41. The minimum atomic E-state index is -0.262. The van der Waals surface area contributed by atoms with E-state index in [9.17, 15) is 4.79 Å². The number of hydrogen-bond acceptors (Lipinski definition) is 7. The molecule has 0 unspecified atom stereocenters. The quantitative estimate of drug-likeness (QED) is 0.244. The van der Waals surface area contributed by atoms with Gasteiger partial charge in [0.05, 0.1) is 39.6 Å². The van der Waals surface area contributed by atoms with E-state index in [2.05, 4.69) is 4.90 Å². The summed E-state index contributed by atoms with van der Waals surface area (Å²) in [5.74, 6) is 1.56. The Morgan fingerprint density at radius 2 is 1.69 bits per heavy atom. The van der Waals surface area contributed by atoms with Crippen LogP contribution in [0.25, 0.3) is 17.0 Å². The van der Waals surface area contributed by atoms with Crippen molar-refractivity contribution in [1.82, 2.24) is 4.90 Å². The van der Waals surface area contributed by atoms with E-state index in [4.69, 9.17) is 23.4 Å². The first-order chi connectivity index (χ1) is 15.5. The predicted octanol–water partition coefficient (Wildman–Crippen LogP) is 4.69. The molecule has 0 aliphatic carbocycles. The zero-order chi connectivity index (χ0) is 23.1. The molecule has 0 radical (unpaired) electrons. The molecule has 32 heavy (non-hydrogen) atoms. The smallest absolute Gasteiger partial charge is 0.205 e. The zero-order valence-electron chi connectivity index (χ0n) is 19.1. The van der Waals surface area contributed by atoms with Crippen molar-refractivity contribution in [2.45, 2.75) is 6.42 Å². The zero-order valence-corrected chi connectivity index (χ0v) is 19.1. The Morgan fingerprint density at radius 1 is 0.969 bits per heavy atom. The lowest BCUT2D eigenvalue weighted by atomic mass is 10.0. The number of benzene rings is 2. The molecule has 0 atom stereocenters. The molecule has 0 aliphatic heterocycles. The standard InChI is InChI=1S/C25H29NO6/c1-26(2)14-6-15-31-24-21(20(27)12-9-17-7-10-18(28-3)11-8-17)22(29-4)19-13-16-32-23(19)25(24)30-5/h7-13,16H,6,14-15H2,1-5H3/b12-9+. The van der Waals surface area contributed by atoms with Crippen LogP contribution in [0.1, 0.15) is 22.3 Å². The van der Waals surface area contributed by atoms with Crippen molar-refractivity contribution in [2.24, 2.45) is 0 Å². The summed E-state index contributed by atoms with van der Waals surface area (Å²) < 4.78 is 28.1. The molecule has 170 valence electrons. The summed E-state index contributed by atoms with van der Waals surface area (Å²) in [6, 6.07) is 9.17. The van der Waals surface area contributed by atoms with Crippen molar-refractivity contribution in [3.63, 3.8) is 0 Å². The van der Waals surface area contributed by atoms with Gasteiger partial charge in [-0.1, -0.05) is 18.2 Å². The maximum absolute atomic E-state index is 13.4. The molecule has 0 N–H and O–H groups in total. The van der Waals surface area contributed by atoms with E-state index in [1.807, 2.05) is 38.4 Å². The van der Waals surface area contributed by atoms with Crippen molar-refractivity contribution < 1.29 is 28.2 Å². The Labute approximate surface area is 188 Å². The Morgan fingerprint density at radius 3 is 2.31 bits per heavy atom. The highest BCUT2D eigenvalue weighted by Gasteiger charge is 2.28. The monoisotopic (exact) mass is 439 g/mol. The van der Waals surface area contributed by atoms with Gasteiger partial charge in [-0.2, -0.15) is 0 Å². The highest BCUT2D eigenvalue weighted by molar-refractivity contribution is 6.15. The van der Waals surface area contributed by atoms with Crippen LogP contribution >= 0.6 is 0 Å². The summed E-state index contributed by atoms with van der Waals surface area (Å²) in [6.07, 6.45) is 5.55. The first kappa shape index (κ1) is 23.2. The van der Waals surface area contributed by atoms with Crippen LogP contribution in [0.4, 0.5) is 0 Å². The van der Waals surface area contributed by atoms with Gasteiger partial charge in [0.25, 0.3) is 0 Å². The molecule has 3 rings (SSSR count). The summed E-state index contributed by atoms with van der Waals surface area (Å²) in [4.78, 5) is 15.4. The van der Waals surface area contributed by atoms with E-state index in [0.29, 0.717) is 40.4 Å². The molecule has 7 heteroatoms. The molecule has 1 heterocycles. The van der Waals surface area contributed by atoms with Gasteiger partial charge in [-0.05, 0) is 50.4 Å². The number of fused-ring (bicyclic) bond motifs is 1.